The molecule has 0 saturated carbocycles. The zero-order valence-corrected chi connectivity index (χ0v) is 20.8. The molecule has 1 aliphatic rings. The summed E-state index contributed by atoms with van der Waals surface area (Å²) < 4.78 is 63.9. The number of fused-ring (bicyclic) bond motifs is 2. The van der Waals surface area contributed by atoms with Crippen LogP contribution >= 0.6 is 0 Å². The highest BCUT2D eigenvalue weighted by molar-refractivity contribution is 6.05. The Morgan fingerprint density at radius 1 is 1.18 bits per heavy atom. The van der Waals surface area contributed by atoms with Gasteiger partial charge in [-0.25, -0.2) is 9.37 Å². The maximum atomic E-state index is 14.4. The quantitative estimate of drug-likeness (QED) is 0.359. The van der Waals surface area contributed by atoms with E-state index in [2.05, 4.69) is 15.4 Å². The Bertz CT molecular complexity index is 1600. The van der Waals surface area contributed by atoms with Crippen molar-refractivity contribution in [3.05, 3.63) is 77.4 Å². The highest BCUT2D eigenvalue weighted by Crippen LogP contribution is 2.46. The third-order valence-electron chi connectivity index (χ3n) is 6.93. The van der Waals surface area contributed by atoms with E-state index in [0.29, 0.717) is 10.9 Å². The SMILES string of the molecule is Cn1nc2ccccc2c1C(=O)NCC(c1cc2c(c(-c3ccc(F)cc3)n1)OC[C@]2(C)C(N)=O)C(F)(F)F. The summed E-state index contributed by atoms with van der Waals surface area (Å²) in [6.45, 7) is 0.430. The molecule has 2 aromatic carbocycles. The van der Waals surface area contributed by atoms with Crippen molar-refractivity contribution in [2.45, 2.75) is 24.4 Å². The lowest BCUT2D eigenvalue weighted by Crippen LogP contribution is -2.40. The van der Waals surface area contributed by atoms with Gasteiger partial charge in [0.15, 0.2) is 0 Å². The number of hydrogen-bond donors (Lipinski definition) is 2. The second-order valence-electron chi connectivity index (χ2n) is 9.56. The second kappa shape index (κ2) is 9.37. The van der Waals surface area contributed by atoms with Gasteiger partial charge in [-0.15, -0.1) is 0 Å². The van der Waals surface area contributed by atoms with Gasteiger partial charge in [0.05, 0.1) is 11.2 Å². The summed E-state index contributed by atoms with van der Waals surface area (Å²) in [6.07, 6.45) is -4.83. The fraction of sp³-hybridized carbons (Fsp3) is 0.259. The Morgan fingerprint density at radius 2 is 1.87 bits per heavy atom. The lowest BCUT2D eigenvalue weighted by atomic mass is 9.82. The van der Waals surface area contributed by atoms with E-state index < -0.39 is 47.4 Å². The van der Waals surface area contributed by atoms with Gasteiger partial charge in [-0.05, 0) is 43.3 Å². The molecule has 12 heteroatoms. The first-order valence-corrected chi connectivity index (χ1v) is 11.9. The van der Waals surface area contributed by atoms with Crippen molar-refractivity contribution in [1.29, 1.82) is 0 Å². The van der Waals surface area contributed by atoms with E-state index in [1.54, 1.807) is 24.3 Å². The first-order valence-electron chi connectivity index (χ1n) is 11.9. The van der Waals surface area contributed by atoms with E-state index in [1.165, 1.54) is 30.8 Å². The van der Waals surface area contributed by atoms with Crippen molar-refractivity contribution in [2.24, 2.45) is 12.8 Å². The Kier molecular flexibility index (Phi) is 6.28. The number of nitrogens with zero attached hydrogens (tertiary/aromatic N) is 3. The number of carbonyl (C=O) groups is 2. The molecule has 0 radical (unpaired) electrons. The van der Waals surface area contributed by atoms with Gasteiger partial charge >= 0.3 is 6.18 Å². The summed E-state index contributed by atoms with van der Waals surface area (Å²) in [6, 6.07) is 12.9. The van der Waals surface area contributed by atoms with Gasteiger partial charge in [-0.1, -0.05) is 18.2 Å². The highest BCUT2D eigenvalue weighted by Gasteiger charge is 2.47. The molecule has 0 fully saturated rings. The van der Waals surface area contributed by atoms with Crippen molar-refractivity contribution in [1.82, 2.24) is 20.1 Å². The molecule has 3 heterocycles. The fourth-order valence-corrected chi connectivity index (χ4v) is 4.67. The van der Waals surface area contributed by atoms with Gasteiger partial charge < -0.3 is 15.8 Å². The van der Waals surface area contributed by atoms with E-state index in [0.717, 1.165) is 18.2 Å². The lowest BCUT2D eigenvalue weighted by molar-refractivity contribution is -0.149. The van der Waals surface area contributed by atoms with E-state index in [-0.39, 0.29) is 34.9 Å². The molecule has 202 valence electrons. The zero-order chi connectivity index (χ0) is 28.1. The summed E-state index contributed by atoms with van der Waals surface area (Å²) in [4.78, 5) is 29.6. The number of amides is 2. The van der Waals surface area contributed by atoms with Crippen LogP contribution in [0.3, 0.4) is 0 Å². The van der Waals surface area contributed by atoms with E-state index >= 15 is 0 Å². The smallest absolute Gasteiger partial charge is 0.398 e. The molecule has 0 aliphatic carbocycles. The predicted molar refractivity (Wildman–Crippen MR) is 134 cm³/mol. The highest BCUT2D eigenvalue weighted by atomic mass is 19.4. The van der Waals surface area contributed by atoms with Gasteiger partial charge in [-0.2, -0.15) is 18.3 Å². The second-order valence-corrected chi connectivity index (χ2v) is 9.56. The molecule has 2 aromatic heterocycles. The minimum absolute atomic E-state index is 0.00526. The molecule has 3 N–H and O–H groups in total. The Hall–Kier alpha value is -4.48. The third-order valence-corrected chi connectivity index (χ3v) is 6.93. The maximum Gasteiger partial charge on any atom is 0.398 e. The van der Waals surface area contributed by atoms with Crippen LogP contribution in [0.2, 0.25) is 0 Å². The summed E-state index contributed by atoms with van der Waals surface area (Å²) >= 11 is 0. The molecule has 8 nitrogen and oxygen atoms in total. The number of ether oxygens (including phenoxy) is 1. The average Bonchev–Trinajstić information content (AvgIpc) is 3.40. The van der Waals surface area contributed by atoms with Crippen LogP contribution in [0.25, 0.3) is 22.2 Å². The molecule has 0 bridgehead atoms. The molecule has 0 spiro atoms. The average molecular weight is 542 g/mol. The van der Waals surface area contributed by atoms with E-state index in [9.17, 15) is 27.2 Å². The predicted octanol–water partition coefficient (Wildman–Crippen LogP) is 3.99. The molecule has 0 saturated heterocycles. The minimum atomic E-state index is -4.83. The van der Waals surface area contributed by atoms with Gasteiger partial charge in [0, 0.05) is 30.1 Å². The summed E-state index contributed by atoms with van der Waals surface area (Å²) in [5.41, 5.74) is 4.79. The van der Waals surface area contributed by atoms with Crippen molar-refractivity contribution in [3.8, 4) is 17.0 Å². The normalized spacial score (nSPS) is 17.5. The summed E-state index contributed by atoms with van der Waals surface area (Å²) in [7, 11) is 1.53. The third kappa shape index (κ3) is 4.55. The monoisotopic (exact) mass is 541 g/mol. The van der Waals surface area contributed by atoms with Crippen molar-refractivity contribution >= 4 is 22.7 Å². The fourth-order valence-electron chi connectivity index (χ4n) is 4.67. The van der Waals surface area contributed by atoms with Crippen LogP contribution in [0.4, 0.5) is 17.6 Å². The van der Waals surface area contributed by atoms with Crippen LogP contribution in [0.15, 0.2) is 54.6 Å². The first kappa shape index (κ1) is 26.1. The number of aromatic nitrogens is 3. The van der Waals surface area contributed by atoms with Crippen LogP contribution < -0.4 is 15.8 Å². The van der Waals surface area contributed by atoms with E-state index in [4.69, 9.17) is 10.5 Å². The molecular formula is C27H23F4N5O3. The topological polar surface area (TPSA) is 112 Å². The maximum absolute atomic E-state index is 14.4. The van der Waals surface area contributed by atoms with Crippen molar-refractivity contribution < 1.29 is 31.9 Å². The molecule has 1 aliphatic heterocycles. The number of rotatable bonds is 6. The molecule has 1 unspecified atom stereocenters. The number of carbonyl (C=O) groups excluding carboxylic acids is 2. The molecule has 5 rings (SSSR count). The standard InChI is InChI=1S/C27H23F4N5O3/c1-26(25(32)38)13-39-23-17(26)11-20(34-21(23)14-7-9-15(28)10-8-14)18(27(29,30)31)12-33-24(37)22-16-5-3-4-6-19(16)35-36(22)2/h3-11,18H,12-13H2,1-2H3,(H2,32,38)(H,33,37)/t18?,26-/m0/s1. The number of primary amides is 1. The molecule has 4 aromatic rings. The first-order chi connectivity index (χ1) is 18.4. The number of benzene rings is 2. The van der Waals surface area contributed by atoms with Gasteiger partial charge in [0.2, 0.25) is 5.91 Å². The Labute approximate surface area is 219 Å². The van der Waals surface area contributed by atoms with Gasteiger partial charge in [0.1, 0.15) is 40.9 Å². The Morgan fingerprint density at radius 3 is 2.54 bits per heavy atom. The molecule has 2 atom stereocenters. The van der Waals surface area contributed by atoms with Crippen molar-refractivity contribution in [2.75, 3.05) is 13.2 Å². The number of halogens is 4. The largest absolute Gasteiger partial charge is 0.489 e. The van der Waals surface area contributed by atoms with Crippen molar-refractivity contribution in [3.63, 3.8) is 0 Å². The number of hydrogen-bond acceptors (Lipinski definition) is 5. The number of alkyl halides is 3. The molecule has 39 heavy (non-hydrogen) atoms. The lowest BCUT2D eigenvalue weighted by Gasteiger charge is -2.24. The van der Waals surface area contributed by atoms with Crippen LogP contribution in [-0.4, -0.2) is 45.9 Å². The van der Waals surface area contributed by atoms with Crippen LogP contribution in [-0.2, 0) is 17.3 Å². The van der Waals surface area contributed by atoms with Gasteiger partial charge in [-0.3, -0.25) is 14.3 Å². The number of nitrogens with two attached hydrogens (primary N) is 1. The number of aryl methyl sites for hydroxylation is 1. The zero-order valence-electron chi connectivity index (χ0n) is 20.8. The summed E-state index contributed by atoms with van der Waals surface area (Å²) in [5, 5.41) is 7.09. The van der Waals surface area contributed by atoms with Crippen LogP contribution in [0, 0.1) is 5.82 Å². The van der Waals surface area contributed by atoms with Crippen LogP contribution in [0.5, 0.6) is 5.75 Å². The molecule has 2 amide bonds. The minimum Gasteiger partial charge on any atom is -0.489 e. The number of nitrogens with one attached hydrogen (secondary N) is 1. The summed E-state index contributed by atoms with van der Waals surface area (Å²) in [5.74, 6) is -4.23. The van der Waals surface area contributed by atoms with Gasteiger partial charge in [0.25, 0.3) is 5.91 Å². The molecular weight excluding hydrogens is 518 g/mol. The number of pyridine rings is 1. The van der Waals surface area contributed by atoms with Crippen LogP contribution in [0.1, 0.15) is 34.6 Å². The Balaban J connectivity index is 1.57. The van der Waals surface area contributed by atoms with E-state index in [1.807, 2.05) is 0 Å².